The Bertz CT molecular complexity index is 585. The normalized spacial score (nSPS) is 11.4. The summed E-state index contributed by atoms with van der Waals surface area (Å²) in [5.74, 6) is -0.114. The minimum atomic E-state index is -0.420. The third-order valence-corrected chi connectivity index (χ3v) is 3.16. The van der Waals surface area contributed by atoms with Crippen molar-refractivity contribution < 1.29 is 4.79 Å². The molecule has 4 heteroatoms. The van der Waals surface area contributed by atoms with Gasteiger partial charge in [-0.3, -0.25) is 9.48 Å². The van der Waals surface area contributed by atoms with Crippen LogP contribution in [-0.4, -0.2) is 15.7 Å². The molecule has 1 aromatic carbocycles. The van der Waals surface area contributed by atoms with Gasteiger partial charge in [0, 0.05) is 7.05 Å². The van der Waals surface area contributed by atoms with Crippen LogP contribution < -0.4 is 5.32 Å². The number of benzene rings is 1. The smallest absolute Gasteiger partial charge is 0.270 e. The standard InChI is InChI=1S/C15H19N3O/c1-11-10-13(18(4)17-11)14(19)16-15(2,3)12-8-6-5-7-9-12/h5-10H,1-4H3,(H,16,19). The Hall–Kier alpha value is -2.10. The maximum atomic E-state index is 12.3. The second-order valence-corrected chi connectivity index (χ2v) is 5.24. The molecule has 4 nitrogen and oxygen atoms in total. The summed E-state index contributed by atoms with van der Waals surface area (Å²) in [5, 5.41) is 7.23. The minimum Gasteiger partial charge on any atom is -0.342 e. The summed E-state index contributed by atoms with van der Waals surface area (Å²) < 4.78 is 1.60. The van der Waals surface area contributed by atoms with Gasteiger partial charge in [0.2, 0.25) is 0 Å². The van der Waals surface area contributed by atoms with Crippen LogP contribution in [0.4, 0.5) is 0 Å². The van der Waals surface area contributed by atoms with Crippen LogP contribution in [0, 0.1) is 6.92 Å². The monoisotopic (exact) mass is 257 g/mol. The number of hydrogen-bond acceptors (Lipinski definition) is 2. The zero-order chi connectivity index (χ0) is 14.0. The average molecular weight is 257 g/mol. The Labute approximate surface area is 113 Å². The fourth-order valence-corrected chi connectivity index (χ4v) is 2.10. The van der Waals surface area contributed by atoms with Crippen LogP contribution in [0.2, 0.25) is 0 Å². The summed E-state index contributed by atoms with van der Waals surface area (Å²) in [4.78, 5) is 12.3. The van der Waals surface area contributed by atoms with E-state index in [0.29, 0.717) is 5.69 Å². The number of aryl methyl sites for hydroxylation is 2. The molecule has 0 spiro atoms. The Morgan fingerprint density at radius 1 is 1.26 bits per heavy atom. The van der Waals surface area contributed by atoms with E-state index in [1.165, 1.54) is 0 Å². The van der Waals surface area contributed by atoms with E-state index in [2.05, 4.69) is 10.4 Å². The van der Waals surface area contributed by atoms with Crippen molar-refractivity contribution in [2.75, 3.05) is 0 Å². The van der Waals surface area contributed by atoms with Crippen molar-refractivity contribution in [3.05, 3.63) is 53.3 Å². The topological polar surface area (TPSA) is 46.9 Å². The van der Waals surface area contributed by atoms with E-state index in [4.69, 9.17) is 0 Å². The summed E-state index contributed by atoms with van der Waals surface area (Å²) in [6.07, 6.45) is 0. The van der Waals surface area contributed by atoms with Crippen molar-refractivity contribution in [2.24, 2.45) is 7.05 Å². The van der Waals surface area contributed by atoms with Crippen LogP contribution >= 0.6 is 0 Å². The molecule has 100 valence electrons. The van der Waals surface area contributed by atoms with Crippen LogP contribution in [0.15, 0.2) is 36.4 Å². The van der Waals surface area contributed by atoms with E-state index in [-0.39, 0.29) is 5.91 Å². The molecule has 1 aromatic heterocycles. The zero-order valence-corrected chi connectivity index (χ0v) is 11.8. The fourth-order valence-electron chi connectivity index (χ4n) is 2.10. The summed E-state index contributed by atoms with van der Waals surface area (Å²) in [5.41, 5.74) is 2.06. The molecule has 19 heavy (non-hydrogen) atoms. The molecule has 1 N–H and O–H groups in total. The van der Waals surface area contributed by atoms with E-state index in [0.717, 1.165) is 11.3 Å². The molecule has 0 saturated carbocycles. The molecular formula is C15H19N3O. The third-order valence-electron chi connectivity index (χ3n) is 3.16. The van der Waals surface area contributed by atoms with Gasteiger partial charge in [0.15, 0.2) is 0 Å². The van der Waals surface area contributed by atoms with Crippen molar-refractivity contribution in [3.8, 4) is 0 Å². The first-order valence-corrected chi connectivity index (χ1v) is 6.29. The average Bonchev–Trinajstić information content (AvgIpc) is 2.69. The molecule has 0 aliphatic carbocycles. The lowest BCUT2D eigenvalue weighted by atomic mass is 9.94. The second kappa shape index (κ2) is 4.88. The molecule has 0 bridgehead atoms. The molecule has 0 fully saturated rings. The first-order chi connectivity index (χ1) is 8.90. The lowest BCUT2D eigenvalue weighted by molar-refractivity contribution is 0.0902. The summed E-state index contributed by atoms with van der Waals surface area (Å²) in [6, 6.07) is 11.7. The third kappa shape index (κ3) is 2.84. The Morgan fingerprint density at radius 3 is 2.42 bits per heavy atom. The van der Waals surface area contributed by atoms with Gasteiger partial charge in [0.05, 0.1) is 11.2 Å². The van der Waals surface area contributed by atoms with Crippen molar-refractivity contribution in [1.82, 2.24) is 15.1 Å². The van der Waals surface area contributed by atoms with E-state index in [1.54, 1.807) is 17.8 Å². The molecule has 1 heterocycles. The number of carbonyl (C=O) groups is 1. The second-order valence-electron chi connectivity index (χ2n) is 5.24. The van der Waals surface area contributed by atoms with Gasteiger partial charge in [-0.2, -0.15) is 5.10 Å². The van der Waals surface area contributed by atoms with E-state index < -0.39 is 5.54 Å². The Balaban J connectivity index is 2.21. The number of nitrogens with zero attached hydrogens (tertiary/aromatic N) is 2. The predicted molar refractivity (Wildman–Crippen MR) is 74.9 cm³/mol. The number of carbonyl (C=O) groups excluding carboxylic acids is 1. The first kappa shape index (κ1) is 13.3. The number of hydrogen-bond donors (Lipinski definition) is 1. The van der Waals surface area contributed by atoms with Crippen molar-refractivity contribution in [2.45, 2.75) is 26.3 Å². The Kier molecular flexibility index (Phi) is 3.42. The molecule has 0 saturated heterocycles. The maximum absolute atomic E-state index is 12.3. The van der Waals surface area contributed by atoms with E-state index in [1.807, 2.05) is 51.1 Å². The largest absolute Gasteiger partial charge is 0.342 e. The molecule has 0 aliphatic rings. The maximum Gasteiger partial charge on any atom is 0.270 e. The Morgan fingerprint density at radius 2 is 1.89 bits per heavy atom. The van der Waals surface area contributed by atoms with Gasteiger partial charge in [-0.1, -0.05) is 30.3 Å². The highest BCUT2D eigenvalue weighted by molar-refractivity contribution is 5.93. The minimum absolute atomic E-state index is 0.114. The van der Waals surface area contributed by atoms with E-state index in [9.17, 15) is 4.79 Å². The van der Waals surface area contributed by atoms with Gasteiger partial charge >= 0.3 is 0 Å². The molecule has 2 aromatic rings. The highest BCUT2D eigenvalue weighted by Gasteiger charge is 2.24. The predicted octanol–water partition coefficient (Wildman–Crippen LogP) is 2.39. The molecular weight excluding hydrogens is 238 g/mol. The van der Waals surface area contributed by atoms with Crippen molar-refractivity contribution in [1.29, 1.82) is 0 Å². The first-order valence-electron chi connectivity index (χ1n) is 6.29. The molecule has 0 unspecified atom stereocenters. The van der Waals surface area contributed by atoms with Gasteiger partial charge in [-0.15, -0.1) is 0 Å². The van der Waals surface area contributed by atoms with Crippen LogP contribution in [0.25, 0.3) is 0 Å². The fraction of sp³-hybridized carbons (Fsp3) is 0.333. The number of amides is 1. The molecule has 0 atom stereocenters. The van der Waals surface area contributed by atoms with Crippen molar-refractivity contribution >= 4 is 5.91 Å². The number of aromatic nitrogens is 2. The van der Waals surface area contributed by atoms with Gasteiger partial charge in [-0.05, 0) is 32.4 Å². The van der Waals surface area contributed by atoms with Gasteiger partial charge in [-0.25, -0.2) is 0 Å². The number of rotatable bonds is 3. The van der Waals surface area contributed by atoms with Crippen LogP contribution in [-0.2, 0) is 12.6 Å². The van der Waals surface area contributed by atoms with Crippen LogP contribution in [0.1, 0.15) is 35.6 Å². The van der Waals surface area contributed by atoms with Crippen LogP contribution in [0.5, 0.6) is 0 Å². The molecule has 2 rings (SSSR count). The molecule has 0 aliphatic heterocycles. The quantitative estimate of drug-likeness (QED) is 0.917. The van der Waals surface area contributed by atoms with Gasteiger partial charge in [0.25, 0.3) is 5.91 Å². The van der Waals surface area contributed by atoms with Crippen LogP contribution in [0.3, 0.4) is 0 Å². The number of nitrogens with one attached hydrogen (secondary N) is 1. The summed E-state index contributed by atoms with van der Waals surface area (Å²) in [6.45, 7) is 5.85. The lowest BCUT2D eigenvalue weighted by Gasteiger charge is -2.26. The lowest BCUT2D eigenvalue weighted by Crippen LogP contribution is -2.41. The molecule has 0 radical (unpaired) electrons. The highest BCUT2D eigenvalue weighted by Crippen LogP contribution is 2.20. The van der Waals surface area contributed by atoms with E-state index >= 15 is 0 Å². The van der Waals surface area contributed by atoms with Gasteiger partial charge in [0.1, 0.15) is 5.69 Å². The van der Waals surface area contributed by atoms with Crippen molar-refractivity contribution in [3.63, 3.8) is 0 Å². The summed E-state index contributed by atoms with van der Waals surface area (Å²) in [7, 11) is 1.78. The highest BCUT2D eigenvalue weighted by atomic mass is 16.2. The molecule has 1 amide bonds. The zero-order valence-electron chi connectivity index (χ0n) is 11.8. The summed E-state index contributed by atoms with van der Waals surface area (Å²) >= 11 is 0. The van der Waals surface area contributed by atoms with Gasteiger partial charge < -0.3 is 5.32 Å². The SMILES string of the molecule is Cc1cc(C(=O)NC(C)(C)c2ccccc2)n(C)n1.